The van der Waals surface area contributed by atoms with Gasteiger partial charge in [-0.1, -0.05) is 29.8 Å². The lowest BCUT2D eigenvalue weighted by molar-refractivity contribution is -0.125. The lowest BCUT2D eigenvalue weighted by atomic mass is 10.0. The molecule has 0 radical (unpaired) electrons. The lowest BCUT2D eigenvalue weighted by Crippen LogP contribution is -2.42. The molecule has 4 heteroatoms. The van der Waals surface area contributed by atoms with Crippen molar-refractivity contribution >= 4 is 17.2 Å². The van der Waals surface area contributed by atoms with Crippen molar-refractivity contribution in [3.8, 4) is 0 Å². The SMILES string of the molecule is Cc1ccc(CN(C)C(C)C(=O)NCc2cccs2)c(C)c1. The Morgan fingerprint density at radius 2 is 2.09 bits per heavy atom. The van der Waals surface area contributed by atoms with Crippen molar-refractivity contribution in [3.63, 3.8) is 0 Å². The number of nitrogens with one attached hydrogen (secondary N) is 1. The molecule has 0 saturated heterocycles. The number of rotatable bonds is 6. The van der Waals surface area contributed by atoms with E-state index in [4.69, 9.17) is 0 Å². The molecule has 0 aliphatic carbocycles. The molecule has 0 saturated carbocycles. The van der Waals surface area contributed by atoms with Crippen LogP contribution in [0.3, 0.4) is 0 Å². The quantitative estimate of drug-likeness (QED) is 0.884. The molecule has 0 spiro atoms. The largest absolute Gasteiger partial charge is 0.350 e. The Balaban J connectivity index is 1.90. The minimum absolute atomic E-state index is 0.0701. The number of thiophene rings is 1. The second-order valence-electron chi connectivity index (χ2n) is 5.82. The van der Waals surface area contributed by atoms with E-state index in [-0.39, 0.29) is 11.9 Å². The first-order chi connectivity index (χ1) is 10.5. The maximum Gasteiger partial charge on any atom is 0.237 e. The summed E-state index contributed by atoms with van der Waals surface area (Å²) in [5.74, 6) is 0.0701. The van der Waals surface area contributed by atoms with Crippen LogP contribution in [0.5, 0.6) is 0 Å². The average Bonchev–Trinajstić information content (AvgIpc) is 3.00. The minimum Gasteiger partial charge on any atom is -0.350 e. The zero-order valence-electron chi connectivity index (χ0n) is 13.7. The zero-order chi connectivity index (χ0) is 16.1. The highest BCUT2D eigenvalue weighted by atomic mass is 32.1. The second kappa shape index (κ2) is 7.56. The lowest BCUT2D eigenvalue weighted by Gasteiger charge is -2.24. The van der Waals surface area contributed by atoms with Crippen LogP contribution in [-0.2, 0) is 17.9 Å². The van der Waals surface area contributed by atoms with Crippen LogP contribution >= 0.6 is 11.3 Å². The van der Waals surface area contributed by atoms with Crippen molar-refractivity contribution in [3.05, 3.63) is 57.3 Å². The first-order valence-electron chi connectivity index (χ1n) is 7.54. The molecule has 1 heterocycles. The van der Waals surface area contributed by atoms with Gasteiger partial charge in [0.1, 0.15) is 0 Å². The van der Waals surface area contributed by atoms with E-state index in [2.05, 4.69) is 42.3 Å². The van der Waals surface area contributed by atoms with E-state index in [9.17, 15) is 4.79 Å². The summed E-state index contributed by atoms with van der Waals surface area (Å²) in [6.07, 6.45) is 0. The molecule has 3 nitrogen and oxygen atoms in total. The third kappa shape index (κ3) is 4.42. The number of likely N-dealkylation sites (N-methyl/N-ethyl adjacent to an activating group) is 1. The van der Waals surface area contributed by atoms with E-state index in [1.165, 1.54) is 21.6 Å². The van der Waals surface area contributed by atoms with E-state index in [1.807, 2.05) is 31.5 Å². The Morgan fingerprint density at radius 1 is 1.32 bits per heavy atom. The monoisotopic (exact) mass is 316 g/mol. The maximum atomic E-state index is 12.3. The third-order valence-electron chi connectivity index (χ3n) is 3.98. The second-order valence-corrected chi connectivity index (χ2v) is 6.85. The fourth-order valence-corrected chi connectivity index (χ4v) is 3.01. The Bertz CT molecular complexity index is 622. The molecule has 0 aliphatic rings. The van der Waals surface area contributed by atoms with E-state index >= 15 is 0 Å². The van der Waals surface area contributed by atoms with Crippen LogP contribution in [0.2, 0.25) is 0 Å². The molecule has 118 valence electrons. The molecule has 2 aromatic rings. The van der Waals surface area contributed by atoms with Crippen molar-refractivity contribution in [2.45, 2.75) is 39.9 Å². The van der Waals surface area contributed by atoms with E-state index < -0.39 is 0 Å². The summed E-state index contributed by atoms with van der Waals surface area (Å²) in [4.78, 5) is 15.5. The molecule has 1 aromatic carbocycles. The third-order valence-corrected chi connectivity index (χ3v) is 4.85. The average molecular weight is 316 g/mol. The van der Waals surface area contributed by atoms with Gasteiger partial charge in [0.15, 0.2) is 0 Å². The summed E-state index contributed by atoms with van der Waals surface area (Å²) >= 11 is 1.66. The van der Waals surface area contributed by atoms with E-state index in [1.54, 1.807) is 11.3 Å². The van der Waals surface area contributed by atoms with Gasteiger partial charge in [0.2, 0.25) is 5.91 Å². The van der Waals surface area contributed by atoms with Crippen molar-refractivity contribution in [2.75, 3.05) is 7.05 Å². The molecule has 0 aliphatic heterocycles. The molecule has 0 bridgehead atoms. The molecule has 1 atom stereocenters. The number of benzene rings is 1. The van der Waals surface area contributed by atoms with E-state index in [0.29, 0.717) is 6.54 Å². The normalized spacial score (nSPS) is 12.4. The number of aryl methyl sites for hydroxylation is 2. The first kappa shape index (κ1) is 16.7. The summed E-state index contributed by atoms with van der Waals surface area (Å²) in [7, 11) is 1.99. The highest BCUT2D eigenvalue weighted by Gasteiger charge is 2.18. The Hall–Kier alpha value is -1.65. The van der Waals surface area contributed by atoms with Crippen LogP contribution < -0.4 is 5.32 Å². The van der Waals surface area contributed by atoms with Crippen LogP contribution in [-0.4, -0.2) is 23.9 Å². The van der Waals surface area contributed by atoms with Gasteiger partial charge in [-0.2, -0.15) is 0 Å². The number of hydrogen-bond donors (Lipinski definition) is 1. The van der Waals surface area contributed by atoms with Crippen LogP contribution in [0, 0.1) is 13.8 Å². The highest BCUT2D eigenvalue weighted by molar-refractivity contribution is 7.09. The molecule has 1 unspecified atom stereocenters. The van der Waals surface area contributed by atoms with Crippen LogP contribution in [0.4, 0.5) is 0 Å². The Morgan fingerprint density at radius 3 is 2.73 bits per heavy atom. The van der Waals surface area contributed by atoms with E-state index in [0.717, 1.165) is 6.54 Å². The highest BCUT2D eigenvalue weighted by Crippen LogP contribution is 2.14. The molecule has 0 fully saturated rings. The van der Waals surface area contributed by atoms with Crippen LogP contribution in [0.25, 0.3) is 0 Å². The van der Waals surface area contributed by atoms with Gasteiger partial charge in [-0.3, -0.25) is 9.69 Å². The number of amides is 1. The standard InChI is InChI=1S/C18H24N2OS/c1-13-7-8-16(14(2)10-13)12-20(4)15(3)18(21)19-11-17-6-5-9-22-17/h5-10,15H,11-12H2,1-4H3,(H,19,21). The van der Waals surface area contributed by atoms with Gasteiger partial charge in [-0.05, 0) is 50.4 Å². The fourth-order valence-electron chi connectivity index (χ4n) is 2.36. The summed E-state index contributed by atoms with van der Waals surface area (Å²) < 4.78 is 0. The van der Waals surface area contributed by atoms with Crippen molar-refractivity contribution in [1.82, 2.24) is 10.2 Å². The molecule has 2 rings (SSSR count). The molecule has 22 heavy (non-hydrogen) atoms. The van der Waals surface area contributed by atoms with Gasteiger partial charge in [-0.25, -0.2) is 0 Å². The number of carbonyl (C=O) groups excluding carboxylic acids is 1. The van der Waals surface area contributed by atoms with Gasteiger partial charge < -0.3 is 5.32 Å². The molecule has 1 aromatic heterocycles. The zero-order valence-corrected chi connectivity index (χ0v) is 14.5. The van der Waals surface area contributed by atoms with Crippen molar-refractivity contribution < 1.29 is 4.79 Å². The van der Waals surface area contributed by atoms with Gasteiger partial charge >= 0.3 is 0 Å². The van der Waals surface area contributed by atoms with Gasteiger partial charge in [0.05, 0.1) is 12.6 Å². The molecular formula is C18H24N2OS. The summed E-state index contributed by atoms with van der Waals surface area (Å²) in [5, 5.41) is 5.03. The number of nitrogens with zero attached hydrogens (tertiary/aromatic N) is 1. The van der Waals surface area contributed by atoms with Crippen molar-refractivity contribution in [2.24, 2.45) is 0 Å². The molecule has 1 N–H and O–H groups in total. The first-order valence-corrected chi connectivity index (χ1v) is 8.42. The predicted octanol–water partition coefficient (Wildman–Crippen LogP) is 3.50. The number of carbonyl (C=O) groups is 1. The van der Waals surface area contributed by atoms with Crippen molar-refractivity contribution in [1.29, 1.82) is 0 Å². The van der Waals surface area contributed by atoms with Gasteiger partial charge in [0.25, 0.3) is 0 Å². The van der Waals surface area contributed by atoms with Gasteiger partial charge in [-0.15, -0.1) is 11.3 Å². The Labute approximate surface area is 137 Å². The molecule has 1 amide bonds. The summed E-state index contributed by atoms with van der Waals surface area (Å²) in [6.45, 7) is 7.56. The van der Waals surface area contributed by atoms with Gasteiger partial charge in [0, 0.05) is 11.4 Å². The summed E-state index contributed by atoms with van der Waals surface area (Å²) in [5.41, 5.74) is 3.81. The smallest absolute Gasteiger partial charge is 0.237 e. The van der Waals surface area contributed by atoms with Crippen LogP contribution in [0.15, 0.2) is 35.7 Å². The minimum atomic E-state index is -0.152. The Kier molecular flexibility index (Phi) is 5.75. The summed E-state index contributed by atoms with van der Waals surface area (Å²) in [6, 6.07) is 10.3. The predicted molar refractivity (Wildman–Crippen MR) is 93.0 cm³/mol. The molecular weight excluding hydrogens is 292 g/mol. The fraction of sp³-hybridized carbons (Fsp3) is 0.389. The number of hydrogen-bond acceptors (Lipinski definition) is 3. The maximum absolute atomic E-state index is 12.3. The van der Waals surface area contributed by atoms with Crippen LogP contribution in [0.1, 0.15) is 28.5 Å². The topological polar surface area (TPSA) is 32.3 Å².